The van der Waals surface area contributed by atoms with Crippen LogP contribution in [0.25, 0.3) is 0 Å². The SMILES string of the molecule is COc1ccc(C(C)(O)c2ccc(I)cc2)c(F)c1. The molecule has 4 heteroatoms. The molecule has 0 amide bonds. The summed E-state index contributed by atoms with van der Waals surface area (Å²) in [5, 5.41) is 10.6. The second-order valence-corrected chi connectivity index (χ2v) is 5.67. The van der Waals surface area contributed by atoms with Crippen molar-refractivity contribution >= 4 is 22.6 Å². The van der Waals surface area contributed by atoms with Gasteiger partial charge in [-0.15, -0.1) is 0 Å². The minimum Gasteiger partial charge on any atom is -0.497 e. The predicted molar refractivity (Wildman–Crippen MR) is 80.8 cm³/mol. The summed E-state index contributed by atoms with van der Waals surface area (Å²) in [5.74, 6) is -0.0532. The molecule has 19 heavy (non-hydrogen) atoms. The molecule has 0 fully saturated rings. The smallest absolute Gasteiger partial charge is 0.133 e. The molecule has 1 unspecified atom stereocenters. The first-order valence-corrected chi connectivity index (χ1v) is 6.85. The maximum absolute atomic E-state index is 14.1. The highest BCUT2D eigenvalue weighted by molar-refractivity contribution is 14.1. The Bertz CT molecular complexity index is 579. The highest BCUT2D eigenvalue weighted by Crippen LogP contribution is 2.32. The molecule has 0 saturated carbocycles. The third-order valence-electron chi connectivity index (χ3n) is 3.11. The second kappa shape index (κ2) is 5.46. The van der Waals surface area contributed by atoms with Gasteiger partial charge in [-0.3, -0.25) is 0 Å². The van der Waals surface area contributed by atoms with Gasteiger partial charge < -0.3 is 9.84 Å². The third kappa shape index (κ3) is 2.90. The fourth-order valence-corrected chi connectivity index (χ4v) is 2.31. The molecule has 0 spiro atoms. The van der Waals surface area contributed by atoms with Gasteiger partial charge in [-0.25, -0.2) is 4.39 Å². The van der Waals surface area contributed by atoms with E-state index in [0.717, 1.165) is 3.57 Å². The van der Waals surface area contributed by atoms with Gasteiger partial charge in [0, 0.05) is 15.2 Å². The van der Waals surface area contributed by atoms with Crippen molar-refractivity contribution in [1.82, 2.24) is 0 Å². The molecule has 2 rings (SSSR count). The summed E-state index contributed by atoms with van der Waals surface area (Å²) in [6, 6.07) is 11.8. The molecular formula is C15H14FIO2. The Morgan fingerprint density at radius 2 is 1.79 bits per heavy atom. The van der Waals surface area contributed by atoms with Gasteiger partial charge in [0.2, 0.25) is 0 Å². The van der Waals surface area contributed by atoms with E-state index in [9.17, 15) is 9.50 Å². The molecule has 2 aromatic carbocycles. The maximum atomic E-state index is 14.1. The Hall–Kier alpha value is -1.14. The first-order chi connectivity index (χ1) is 8.95. The minimum absolute atomic E-state index is 0.231. The molecule has 1 N–H and O–H groups in total. The molecule has 0 aliphatic heterocycles. The van der Waals surface area contributed by atoms with Crippen molar-refractivity contribution in [3.8, 4) is 5.75 Å². The first-order valence-electron chi connectivity index (χ1n) is 5.77. The van der Waals surface area contributed by atoms with Crippen LogP contribution in [0.4, 0.5) is 4.39 Å². The highest BCUT2D eigenvalue weighted by atomic mass is 127. The van der Waals surface area contributed by atoms with Gasteiger partial charge in [0.25, 0.3) is 0 Å². The molecule has 0 bridgehead atoms. The van der Waals surface area contributed by atoms with Crippen LogP contribution in [0.1, 0.15) is 18.1 Å². The molecule has 0 heterocycles. The summed E-state index contributed by atoms with van der Waals surface area (Å²) < 4.78 is 20.1. The number of methoxy groups -OCH3 is 1. The zero-order valence-electron chi connectivity index (χ0n) is 10.7. The highest BCUT2D eigenvalue weighted by Gasteiger charge is 2.28. The van der Waals surface area contributed by atoms with Crippen LogP contribution in [-0.2, 0) is 5.60 Å². The number of aliphatic hydroxyl groups is 1. The molecular weight excluding hydrogens is 358 g/mol. The van der Waals surface area contributed by atoms with Gasteiger partial charge in [0.1, 0.15) is 17.2 Å². The molecule has 2 nitrogen and oxygen atoms in total. The lowest BCUT2D eigenvalue weighted by molar-refractivity contribution is 0.0978. The fraction of sp³-hybridized carbons (Fsp3) is 0.200. The van der Waals surface area contributed by atoms with Gasteiger partial charge in [-0.1, -0.05) is 12.1 Å². The number of benzene rings is 2. The number of ether oxygens (including phenoxy) is 1. The van der Waals surface area contributed by atoms with Crippen molar-refractivity contribution < 1.29 is 14.2 Å². The summed E-state index contributed by atoms with van der Waals surface area (Å²) >= 11 is 2.18. The summed E-state index contributed by atoms with van der Waals surface area (Å²) in [7, 11) is 1.48. The van der Waals surface area contributed by atoms with Gasteiger partial charge >= 0.3 is 0 Å². The largest absolute Gasteiger partial charge is 0.497 e. The number of halogens is 2. The Kier molecular flexibility index (Phi) is 4.10. The molecule has 0 radical (unpaired) electrons. The average Bonchev–Trinajstić information content (AvgIpc) is 2.38. The van der Waals surface area contributed by atoms with Crippen LogP contribution in [-0.4, -0.2) is 12.2 Å². The topological polar surface area (TPSA) is 29.5 Å². The Balaban J connectivity index is 2.46. The van der Waals surface area contributed by atoms with Gasteiger partial charge in [-0.2, -0.15) is 0 Å². The van der Waals surface area contributed by atoms with Gasteiger partial charge in [0.05, 0.1) is 7.11 Å². The lowest BCUT2D eigenvalue weighted by atomic mass is 9.88. The average molecular weight is 372 g/mol. The molecule has 2 aromatic rings. The van der Waals surface area contributed by atoms with Crippen molar-refractivity contribution in [3.63, 3.8) is 0 Å². The number of hydrogen-bond acceptors (Lipinski definition) is 2. The fourth-order valence-electron chi connectivity index (χ4n) is 1.95. The summed E-state index contributed by atoms with van der Waals surface area (Å²) in [4.78, 5) is 0. The van der Waals surface area contributed by atoms with Crippen molar-refractivity contribution in [3.05, 3.63) is 63.0 Å². The van der Waals surface area contributed by atoms with E-state index in [2.05, 4.69) is 22.6 Å². The van der Waals surface area contributed by atoms with Crippen LogP contribution in [0.15, 0.2) is 42.5 Å². The Labute approximate surface area is 125 Å². The number of hydrogen-bond donors (Lipinski definition) is 1. The Morgan fingerprint density at radius 3 is 2.32 bits per heavy atom. The zero-order valence-corrected chi connectivity index (χ0v) is 12.8. The lowest BCUT2D eigenvalue weighted by Gasteiger charge is -2.25. The van der Waals surface area contributed by atoms with E-state index in [1.165, 1.54) is 13.2 Å². The molecule has 0 aromatic heterocycles. The standard InChI is InChI=1S/C15H14FIO2/c1-15(18,10-3-5-11(17)6-4-10)13-8-7-12(19-2)9-14(13)16/h3-9,18H,1-2H3. The first kappa shape index (κ1) is 14.3. The van der Waals surface area contributed by atoms with E-state index in [4.69, 9.17) is 4.74 Å². The van der Waals surface area contributed by atoms with Crippen molar-refractivity contribution in [2.75, 3.05) is 7.11 Å². The summed E-state index contributed by atoms with van der Waals surface area (Å²) in [6.07, 6.45) is 0. The summed E-state index contributed by atoms with van der Waals surface area (Å²) in [5.41, 5.74) is -0.493. The van der Waals surface area contributed by atoms with Gasteiger partial charge in [0.15, 0.2) is 0 Å². The van der Waals surface area contributed by atoms with E-state index in [-0.39, 0.29) is 5.56 Å². The normalized spacial score (nSPS) is 13.9. The molecule has 0 saturated heterocycles. The lowest BCUT2D eigenvalue weighted by Crippen LogP contribution is -2.24. The monoisotopic (exact) mass is 372 g/mol. The van der Waals surface area contributed by atoms with Crippen LogP contribution < -0.4 is 4.74 Å². The minimum atomic E-state index is -1.37. The van der Waals surface area contributed by atoms with E-state index in [1.54, 1.807) is 31.2 Å². The van der Waals surface area contributed by atoms with Crippen molar-refractivity contribution in [2.24, 2.45) is 0 Å². The predicted octanol–water partition coefficient (Wildman–Crippen LogP) is 3.69. The van der Waals surface area contributed by atoms with Crippen LogP contribution >= 0.6 is 22.6 Å². The molecule has 1 atom stereocenters. The van der Waals surface area contributed by atoms with Crippen LogP contribution in [0, 0.1) is 9.39 Å². The van der Waals surface area contributed by atoms with E-state index in [0.29, 0.717) is 11.3 Å². The molecule has 100 valence electrons. The second-order valence-electron chi connectivity index (χ2n) is 4.42. The van der Waals surface area contributed by atoms with Crippen molar-refractivity contribution in [2.45, 2.75) is 12.5 Å². The van der Waals surface area contributed by atoms with Crippen LogP contribution in [0.2, 0.25) is 0 Å². The van der Waals surface area contributed by atoms with E-state index in [1.807, 2.05) is 12.1 Å². The van der Waals surface area contributed by atoms with E-state index < -0.39 is 11.4 Å². The zero-order chi connectivity index (χ0) is 14.0. The molecule has 0 aliphatic carbocycles. The van der Waals surface area contributed by atoms with Crippen LogP contribution in [0.5, 0.6) is 5.75 Å². The summed E-state index contributed by atoms with van der Waals surface area (Å²) in [6.45, 7) is 1.58. The molecule has 0 aliphatic rings. The van der Waals surface area contributed by atoms with E-state index >= 15 is 0 Å². The van der Waals surface area contributed by atoms with Crippen molar-refractivity contribution in [1.29, 1.82) is 0 Å². The maximum Gasteiger partial charge on any atom is 0.133 e. The Morgan fingerprint density at radius 1 is 1.16 bits per heavy atom. The number of rotatable bonds is 3. The van der Waals surface area contributed by atoms with Crippen LogP contribution in [0.3, 0.4) is 0 Å². The van der Waals surface area contributed by atoms with Gasteiger partial charge in [-0.05, 0) is 59.3 Å². The third-order valence-corrected chi connectivity index (χ3v) is 3.83. The quantitative estimate of drug-likeness (QED) is 0.833.